The van der Waals surface area contributed by atoms with Gasteiger partial charge in [0, 0.05) is 16.3 Å². The van der Waals surface area contributed by atoms with Gasteiger partial charge in [-0.15, -0.1) is 0 Å². The standard InChI is InChI=1S/C12H16ClNO4/c1-6-3-7(8(13)4-9(6)14)12(17)10(15)5-11(16)18-2/h3-4,10,12,15,17H,5,14H2,1-2H3. The minimum absolute atomic E-state index is 0.245. The number of halogens is 1. The van der Waals surface area contributed by atoms with E-state index in [1.807, 2.05) is 0 Å². The van der Waals surface area contributed by atoms with Gasteiger partial charge in [-0.2, -0.15) is 0 Å². The van der Waals surface area contributed by atoms with Gasteiger partial charge in [0.25, 0.3) is 0 Å². The highest BCUT2D eigenvalue weighted by atomic mass is 35.5. The summed E-state index contributed by atoms with van der Waals surface area (Å²) in [5.74, 6) is -0.607. The Morgan fingerprint density at radius 2 is 2.11 bits per heavy atom. The number of hydrogen-bond donors (Lipinski definition) is 3. The number of hydrogen-bond acceptors (Lipinski definition) is 5. The lowest BCUT2D eigenvalue weighted by Gasteiger charge is -2.19. The van der Waals surface area contributed by atoms with E-state index in [9.17, 15) is 15.0 Å². The first-order valence-electron chi connectivity index (χ1n) is 5.35. The van der Waals surface area contributed by atoms with Crippen LogP contribution in [0.5, 0.6) is 0 Å². The Balaban J connectivity index is 2.93. The molecule has 0 aliphatic heterocycles. The first-order chi connectivity index (χ1) is 8.36. The number of nitrogen functional groups attached to an aromatic ring is 1. The van der Waals surface area contributed by atoms with Crippen molar-refractivity contribution in [3.05, 3.63) is 28.3 Å². The van der Waals surface area contributed by atoms with Gasteiger partial charge < -0.3 is 20.7 Å². The molecule has 0 aliphatic carbocycles. The molecule has 1 aromatic rings. The van der Waals surface area contributed by atoms with Crippen molar-refractivity contribution < 1.29 is 19.7 Å². The minimum Gasteiger partial charge on any atom is -0.469 e. The second-order valence-electron chi connectivity index (χ2n) is 4.02. The Labute approximate surface area is 110 Å². The van der Waals surface area contributed by atoms with Crippen molar-refractivity contribution in [2.45, 2.75) is 25.6 Å². The zero-order valence-corrected chi connectivity index (χ0v) is 10.9. The van der Waals surface area contributed by atoms with Crippen LogP contribution in [0.1, 0.15) is 23.7 Å². The van der Waals surface area contributed by atoms with E-state index >= 15 is 0 Å². The van der Waals surface area contributed by atoms with Crippen LogP contribution in [0.3, 0.4) is 0 Å². The van der Waals surface area contributed by atoms with Crippen LogP contribution in [0.4, 0.5) is 5.69 Å². The molecule has 2 unspecified atom stereocenters. The van der Waals surface area contributed by atoms with Crippen LogP contribution >= 0.6 is 11.6 Å². The molecule has 100 valence electrons. The molecule has 0 heterocycles. The molecule has 0 aliphatic rings. The molecule has 4 N–H and O–H groups in total. The van der Waals surface area contributed by atoms with Crippen LogP contribution in [-0.2, 0) is 9.53 Å². The highest BCUT2D eigenvalue weighted by Gasteiger charge is 2.24. The number of ether oxygens (including phenoxy) is 1. The summed E-state index contributed by atoms with van der Waals surface area (Å²) in [5, 5.41) is 19.9. The third kappa shape index (κ3) is 3.35. The normalized spacial score (nSPS) is 14.1. The number of methoxy groups -OCH3 is 1. The van der Waals surface area contributed by atoms with E-state index in [2.05, 4.69) is 4.74 Å². The van der Waals surface area contributed by atoms with Gasteiger partial charge in [-0.25, -0.2) is 0 Å². The molecule has 0 saturated heterocycles. The Hall–Kier alpha value is -1.30. The molecule has 1 rings (SSSR count). The number of benzene rings is 1. The van der Waals surface area contributed by atoms with Crippen molar-refractivity contribution in [2.75, 3.05) is 12.8 Å². The van der Waals surface area contributed by atoms with Crippen molar-refractivity contribution in [2.24, 2.45) is 0 Å². The summed E-state index contributed by atoms with van der Waals surface area (Å²) >= 11 is 5.94. The number of carbonyl (C=O) groups is 1. The summed E-state index contributed by atoms with van der Waals surface area (Å²) in [5.41, 5.74) is 7.23. The molecular formula is C12H16ClNO4. The maximum Gasteiger partial charge on any atom is 0.308 e. The average Bonchev–Trinajstić information content (AvgIpc) is 2.32. The minimum atomic E-state index is -1.28. The topological polar surface area (TPSA) is 92.8 Å². The smallest absolute Gasteiger partial charge is 0.308 e. The van der Waals surface area contributed by atoms with Crippen LogP contribution in [0.15, 0.2) is 12.1 Å². The molecule has 1 aromatic carbocycles. The van der Waals surface area contributed by atoms with Crippen molar-refractivity contribution >= 4 is 23.3 Å². The van der Waals surface area contributed by atoms with Gasteiger partial charge in [0.2, 0.25) is 0 Å². The molecule has 2 atom stereocenters. The third-order valence-electron chi connectivity index (χ3n) is 2.67. The Morgan fingerprint density at radius 3 is 2.67 bits per heavy atom. The maximum atomic E-state index is 11.0. The Morgan fingerprint density at radius 1 is 1.50 bits per heavy atom. The Bertz CT molecular complexity index is 450. The van der Waals surface area contributed by atoms with E-state index < -0.39 is 18.2 Å². The number of aryl methyl sites for hydroxylation is 1. The van der Waals surface area contributed by atoms with Gasteiger partial charge in [0.05, 0.1) is 19.6 Å². The van der Waals surface area contributed by atoms with Crippen LogP contribution in [-0.4, -0.2) is 29.4 Å². The summed E-state index contributed by atoms with van der Waals surface area (Å²) in [6, 6.07) is 3.09. The number of anilines is 1. The molecule has 0 radical (unpaired) electrons. The largest absolute Gasteiger partial charge is 0.469 e. The molecule has 0 amide bonds. The quantitative estimate of drug-likeness (QED) is 0.566. The predicted molar refractivity (Wildman–Crippen MR) is 68.2 cm³/mol. The lowest BCUT2D eigenvalue weighted by molar-refractivity contribution is -0.144. The maximum absolute atomic E-state index is 11.0. The fraction of sp³-hybridized carbons (Fsp3) is 0.417. The first kappa shape index (κ1) is 14.8. The number of aliphatic hydroxyl groups excluding tert-OH is 2. The average molecular weight is 274 g/mol. The van der Waals surface area contributed by atoms with Gasteiger partial charge in [0.15, 0.2) is 0 Å². The SMILES string of the molecule is COC(=O)CC(O)C(O)c1cc(C)c(N)cc1Cl. The number of carbonyl (C=O) groups excluding carboxylic acids is 1. The highest BCUT2D eigenvalue weighted by molar-refractivity contribution is 6.31. The van der Waals surface area contributed by atoms with Crippen LogP contribution in [0.2, 0.25) is 5.02 Å². The number of aliphatic hydroxyl groups is 2. The summed E-state index contributed by atoms with van der Waals surface area (Å²) in [6.45, 7) is 1.76. The van der Waals surface area contributed by atoms with Crippen molar-refractivity contribution in [3.8, 4) is 0 Å². The zero-order valence-electron chi connectivity index (χ0n) is 10.2. The van der Waals surface area contributed by atoms with E-state index in [1.54, 1.807) is 13.0 Å². The highest BCUT2D eigenvalue weighted by Crippen LogP contribution is 2.30. The fourth-order valence-corrected chi connectivity index (χ4v) is 1.80. The van der Waals surface area contributed by atoms with E-state index in [0.29, 0.717) is 11.3 Å². The van der Waals surface area contributed by atoms with Crippen molar-refractivity contribution in [1.29, 1.82) is 0 Å². The number of esters is 1. The second kappa shape index (κ2) is 6.04. The molecule has 0 fully saturated rings. The number of nitrogens with two attached hydrogens (primary N) is 1. The van der Waals surface area contributed by atoms with Crippen LogP contribution < -0.4 is 5.73 Å². The van der Waals surface area contributed by atoms with Crippen LogP contribution in [0.25, 0.3) is 0 Å². The molecule has 0 bridgehead atoms. The van der Waals surface area contributed by atoms with Gasteiger partial charge in [0.1, 0.15) is 6.10 Å². The first-order valence-corrected chi connectivity index (χ1v) is 5.73. The van der Waals surface area contributed by atoms with Crippen molar-refractivity contribution in [3.63, 3.8) is 0 Å². The lowest BCUT2D eigenvalue weighted by Crippen LogP contribution is -2.23. The van der Waals surface area contributed by atoms with E-state index in [1.165, 1.54) is 13.2 Å². The summed E-state index contributed by atoms with van der Waals surface area (Å²) in [4.78, 5) is 11.0. The van der Waals surface area contributed by atoms with Gasteiger partial charge in [-0.05, 0) is 24.6 Å². The van der Waals surface area contributed by atoms with E-state index in [0.717, 1.165) is 5.56 Å². The molecule has 0 saturated carbocycles. The van der Waals surface area contributed by atoms with E-state index in [4.69, 9.17) is 17.3 Å². The third-order valence-corrected chi connectivity index (χ3v) is 3.00. The summed E-state index contributed by atoms with van der Waals surface area (Å²) < 4.78 is 4.42. The zero-order chi connectivity index (χ0) is 13.9. The molecule has 18 heavy (non-hydrogen) atoms. The summed E-state index contributed by atoms with van der Waals surface area (Å²) in [6.07, 6.45) is -2.86. The summed E-state index contributed by atoms with van der Waals surface area (Å²) in [7, 11) is 1.21. The van der Waals surface area contributed by atoms with Crippen molar-refractivity contribution in [1.82, 2.24) is 0 Å². The lowest BCUT2D eigenvalue weighted by atomic mass is 9.99. The fourth-order valence-electron chi connectivity index (χ4n) is 1.52. The number of rotatable bonds is 4. The molecule has 5 nitrogen and oxygen atoms in total. The van der Waals surface area contributed by atoms with Crippen LogP contribution in [0, 0.1) is 6.92 Å². The van der Waals surface area contributed by atoms with Gasteiger partial charge in [-0.1, -0.05) is 11.6 Å². The molecule has 6 heteroatoms. The second-order valence-corrected chi connectivity index (χ2v) is 4.43. The molecular weight excluding hydrogens is 258 g/mol. The van der Waals surface area contributed by atoms with Gasteiger partial charge >= 0.3 is 5.97 Å². The van der Waals surface area contributed by atoms with E-state index in [-0.39, 0.29) is 11.4 Å². The van der Waals surface area contributed by atoms with Gasteiger partial charge in [-0.3, -0.25) is 4.79 Å². The molecule has 0 spiro atoms. The predicted octanol–water partition coefficient (Wildman–Crippen LogP) is 1.19. The molecule has 0 aromatic heterocycles. The Kier molecular flexibility index (Phi) is 4.95. The monoisotopic (exact) mass is 273 g/mol.